The first kappa shape index (κ1) is 15.9. The lowest BCUT2D eigenvalue weighted by Crippen LogP contribution is -2.43. The molecule has 0 saturated carbocycles. The monoisotopic (exact) mass is 312 g/mol. The van der Waals surface area contributed by atoms with E-state index in [1.54, 1.807) is 24.3 Å². The normalized spacial score (nSPS) is 16.6. The molecule has 7 heteroatoms. The van der Waals surface area contributed by atoms with E-state index >= 15 is 0 Å². The van der Waals surface area contributed by atoms with E-state index in [2.05, 4.69) is 14.8 Å². The Bertz CT molecular complexity index is 595. The predicted molar refractivity (Wildman–Crippen MR) is 79.4 cm³/mol. The van der Waals surface area contributed by atoms with Gasteiger partial charge < -0.3 is 10.1 Å². The Labute approximate surface area is 124 Å². The molecule has 1 fully saturated rings. The highest BCUT2D eigenvalue weighted by Crippen LogP contribution is 2.14. The van der Waals surface area contributed by atoms with Crippen LogP contribution < -0.4 is 10.0 Å². The summed E-state index contributed by atoms with van der Waals surface area (Å²) in [4.78, 5) is 11.7. The molecule has 0 bridgehead atoms. The minimum Gasteiger partial charge on any atom is -0.465 e. The number of carbonyl (C=O) groups excluding carboxylic acids is 1. The largest absolute Gasteiger partial charge is 0.465 e. The summed E-state index contributed by atoms with van der Waals surface area (Å²) in [6, 6.07) is 6.56. The maximum Gasteiger partial charge on any atom is 0.338 e. The number of carbonyl (C=O) groups is 1. The number of hydrogen-bond acceptors (Lipinski definition) is 5. The number of ether oxygens (including phenoxy) is 1. The lowest BCUT2D eigenvalue weighted by atomic mass is 10.1. The number of esters is 1. The highest BCUT2D eigenvalue weighted by atomic mass is 32.2. The maximum atomic E-state index is 12.2. The summed E-state index contributed by atoms with van der Waals surface area (Å²) in [6.45, 7) is 1.62. The standard InChI is InChI=1S/C14H20N2O4S/c1-20-14(17)13-5-3-2-4-11(13)10-21(18,19)16-12-6-8-15-9-7-12/h2-5,12,15-16H,6-10H2,1H3. The smallest absolute Gasteiger partial charge is 0.338 e. The van der Waals surface area contributed by atoms with Crippen LogP contribution in [-0.4, -0.2) is 40.6 Å². The average molecular weight is 312 g/mol. The van der Waals surface area contributed by atoms with Crippen LogP contribution in [0.4, 0.5) is 0 Å². The van der Waals surface area contributed by atoms with Crippen LogP contribution in [0.25, 0.3) is 0 Å². The van der Waals surface area contributed by atoms with E-state index in [9.17, 15) is 13.2 Å². The predicted octanol–water partition coefficient (Wildman–Crippen LogP) is 0.645. The lowest BCUT2D eigenvalue weighted by molar-refractivity contribution is 0.0600. The van der Waals surface area contributed by atoms with Crippen molar-refractivity contribution in [2.75, 3.05) is 20.2 Å². The molecular weight excluding hydrogens is 292 g/mol. The van der Waals surface area contributed by atoms with Gasteiger partial charge in [-0.1, -0.05) is 18.2 Å². The molecule has 1 aliphatic heterocycles. The van der Waals surface area contributed by atoms with Gasteiger partial charge in [0.15, 0.2) is 0 Å². The van der Waals surface area contributed by atoms with Crippen LogP contribution in [0.15, 0.2) is 24.3 Å². The van der Waals surface area contributed by atoms with Gasteiger partial charge in [-0.2, -0.15) is 0 Å². The van der Waals surface area contributed by atoms with E-state index in [0.717, 1.165) is 25.9 Å². The number of benzene rings is 1. The third-order valence-corrected chi connectivity index (χ3v) is 4.84. The molecule has 1 heterocycles. The van der Waals surface area contributed by atoms with E-state index < -0.39 is 16.0 Å². The number of hydrogen-bond donors (Lipinski definition) is 2. The van der Waals surface area contributed by atoms with Gasteiger partial charge >= 0.3 is 5.97 Å². The third kappa shape index (κ3) is 4.52. The van der Waals surface area contributed by atoms with Crippen molar-refractivity contribution < 1.29 is 17.9 Å². The number of sulfonamides is 1. The summed E-state index contributed by atoms with van der Waals surface area (Å²) in [5, 5.41) is 3.19. The second-order valence-electron chi connectivity index (χ2n) is 5.05. The topological polar surface area (TPSA) is 84.5 Å². The van der Waals surface area contributed by atoms with Crippen molar-refractivity contribution in [2.24, 2.45) is 0 Å². The van der Waals surface area contributed by atoms with E-state index in [-0.39, 0.29) is 17.4 Å². The highest BCUT2D eigenvalue weighted by Gasteiger charge is 2.22. The first-order valence-corrected chi connectivity index (χ1v) is 8.54. The molecule has 0 atom stereocenters. The lowest BCUT2D eigenvalue weighted by Gasteiger charge is -2.23. The number of rotatable bonds is 5. The van der Waals surface area contributed by atoms with Gasteiger partial charge in [0.05, 0.1) is 18.4 Å². The zero-order chi connectivity index (χ0) is 15.3. The van der Waals surface area contributed by atoms with Crippen molar-refractivity contribution in [3.8, 4) is 0 Å². The Morgan fingerprint density at radius 1 is 1.33 bits per heavy atom. The van der Waals surface area contributed by atoms with Crippen LogP contribution in [0.1, 0.15) is 28.8 Å². The van der Waals surface area contributed by atoms with Gasteiger partial charge in [0.1, 0.15) is 0 Å². The van der Waals surface area contributed by atoms with Gasteiger partial charge in [-0.3, -0.25) is 0 Å². The van der Waals surface area contributed by atoms with E-state index in [0.29, 0.717) is 5.56 Å². The zero-order valence-electron chi connectivity index (χ0n) is 12.0. The molecule has 21 heavy (non-hydrogen) atoms. The fraction of sp³-hybridized carbons (Fsp3) is 0.500. The molecule has 1 saturated heterocycles. The van der Waals surface area contributed by atoms with Crippen LogP contribution in [-0.2, 0) is 20.5 Å². The molecule has 116 valence electrons. The minimum absolute atomic E-state index is 0.0402. The summed E-state index contributed by atoms with van der Waals surface area (Å²) < 4.78 is 31.9. The Kier molecular flexibility index (Phi) is 5.33. The summed E-state index contributed by atoms with van der Waals surface area (Å²) >= 11 is 0. The van der Waals surface area contributed by atoms with Crippen LogP contribution in [0.3, 0.4) is 0 Å². The molecule has 0 radical (unpaired) electrons. The molecule has 2 N–H and O–H groups in total. The van der Waals surface area contributed by atoms with E-state index in [4.69, 9.17) is 0 Å². The zero-order valence-corrected chi connectivity index (χ0v) is 12.8. The maximum absolute atomic E-state index is 12.2. The number of nitrogens with one attached hydrogen (secondary N) is 2. The molecule has 0 aromatic heterocycles. The second-order valence-corrected chi connectivity index (χ2v) is 6.80. The fourth-order valence-electron chi connectivity index (χ4n) is 2.40. The molecule has 2 rings (SSSR count). The molecular formula is C14H20N2O4S. The van der Waals surface area contributed by atoms with Gasteiger partial charge in [0.2, 0.25) is 10.0 Å². The molecule has 0 unspecified atom stereocenters. The minimum atomic E-state index is -3.48. The second kappa shape index (κ2) is 7.02. The quantitative estimate of drug-likeness (QED) is 0.780. The van der Waals surface area contributed by atoms with Gasteiger partial charge in [-0.15, -0.1) is 0 Å². The average Bonchev–Trinajstić information content (AvgIpc) is 2.47. The van der Waals surface area contributed by atoms with Crippen molar-refractivity contribution in [2.45, 2.75) is 24.6 Å². The molecule has 1 aromatic carbocycles. The van der Waals surface area contributed by atoms with Crippen LogP contribution in [0.5, 0.6) is 0 Å². The Morgan fingerprint density at radius 3 is 2.67 bits per heavy atom. The number of methoxy groups -OCH3 is 1. The van der Waals surface area contributed by atoms with Gasteiger partial charge in [-0.25, -0.2) is 17.9 Å². The van der Waals surface area contributed by atoms with Crippen LogP contribution >= 0.6 is 0 Å². The molecule has 0 spiro atoms. The van der Waals surface area contributed by atoms with Crippen molar-refractivity contribution in [1.29, 1.82) is 0 Å². The van der Waals surface area contributed by atoms with Crippen molar-refractivity contribution in [3.63, 3.8) is 0 Å². The van der Waals surface area contributed by atoms with Gasteiger partial charge in [0.25, 0.3) is 0 Å². The molecule has 0 amide bonds. The Hall–Kier alpha value is -1.44. The van der Waals surface area contributed by atoms with Crippen LogP contribution in [0, 0.1) is 0 Å². The Morgan fingerprint density at radius 2 is 2.00 bits per heavy atom. The molecule has 1 aliphatic rings. The van der Waals surface area contributed by atoms with Gasteiger partial charge in [-0.05, 0) is 37.6 Å². The SMILES string of the molecule is COC(=O)c1ccccc1CS(=O)(=O)NC1CCNCC1. The fourth-order valence-corrected chi connectivity index (χ4v) is 3.88. The van der Waals surface area contributed by atoms with E-state index in [1.165, 1.54) is 7.11 Å². The Balaban J connectivity index is 2.11. The number of piperidine rings is 1. The summed E-state index contributed by atoms with van der Waals surface area (Å²) in [5.41, 5.74) is 0.737. The first-order valence-electron chi connectivity index (χ1n) is 6.89. The van der Waals surface area contributed by atoms with E-state index in [1.807, 2.05) is 0 Å². The molecule has 6 nitrogen and oxygen atoms in total. The van der Waals surface area contributed by atoms with Crippen molar-refractivity contribution in [3.05, 3.63) is 35.4 Å². The summed E-state index contributed by atoms with van der Waals surface area (Å²) in [6.07, 6.45) is 1.55. The molecule has 0 aliphatic carbocycles. The van der Waals surface area contributed by atoms with Crippen molar-refractivity contribution >= 4 is 16.0 Å². The molecule has 1 aromatic rings. The third-order valence-electron chi connectivity index (χ3n) is 3.45. The summed E-state index contributed by atoms with van der Waals surface area (Å²) in [7, 11) is -2.21. The summed E-state index contributed by atoms with van der Waals surface area (Å²) in [5.74, 6) is -0.745. The first-order chi connectivity index (χ1) is 10.0. The highest BCUT2D eigenvalue weighted by molar-refractivity contribution is 7.88. The van der Waals surface area contributed by atoms with Crippen molar-refractivity contribution in [1.82, 2.24) is 10.0 Å². The van der Waals surface area contributed by atoms with Crippen LogP contribution in [0.2, 0.25) is 0 Å². The van der Waals surface area contributed by atoms with Gasteiger partial charge in [0, 0.05) is 6.04 Å².